The summed E-state index contributed by atoms with van der Waals surface area (Å²) in [5.41, 5.74) is 0. The molecule has 0 amide bonds. The van der Waals surface area contributed by atoms with Crippen molar-refractivity contribution in [1.29, 1.82) is 0 Å². The fourth-order valence-electron chi connectivity index (χ4n) is 1.27. The van der Waals surface area contributed by atoms with E-state index in [4.69, 9.17) is 0 Å². The first-order valence-corrected chi connectivity index (χ1v) is 4.51. The number of rotatable bonds is 0. The van der Waals surface area contributed by atoms with Crippen LogP contribution in [0.15, 0.2) is 24.3 Å². The average molecular weight is 168 g/mol. The first kappa shape index (κ1) is 9.49. The van der Waals surface area contributed by atoms with E-state index in [0.717, 1.165) is 25.7 Å². The molecule has 2 N–H and O–H groups in total. The van der Waals surface area contributed by atoms with E-state index in [1.807, 2.05) is 12.2 Å². The van der Waals surface area contributed by atoms with Crippen LogP contribution >= 0.6 is 0 Å². The molecule has 0 radical (unpaired) electrons. The predicted molar refractivity (Wildman–Crippen MR) is 48.5 cm³/mol. The maximum absolute atomic E-state index is 9.28. The summed E-state index contributed by atoms with van der Waals surface area (Å²) >= 11 is 0. The summed E-state index contributed by atoms with van der Waals surface area (Å²) in [6.45, 7) is 0. The Hall–Kier alpha value is -0.600. The summed E-state index contributed by atoms with van der Waals surface area (Å²) in [5.74, 6) is -1.72. The van der Waals surface area contributed by atoms with Crippen molar-refractivity contribution in [3.8, 4) is 0 Å². The van der Waals surface area contributed by atoms with Gasteiger partial charge in [-0.3, -0.25) is 0 Å². The van der Waals surface area contributed by atoms with E-state index in [9.17, 15) is 10.2 Å². The highest BCUT2D eigenvalue weighted by Crippen LogP contribution is 2.11. The molecule has 0 aliphatic heterocycles. The van der Waals surface area contributed by atoms with Gasteiger partial charge in [-0.05, 0) is 37.8 Å². The van der Waals surface area contributed by atoms with Crippen LogP contribution in [-0.2, 0) is 0 Å². The van der Waals surface area contributed by atoms with Gasteiger partial charge in [-0.2, -0.15) is 0 Å². The van der Waals surface area contributed by atoms with Crippen LogP contribution in [0.1, 0.15) is 32.1 Å². The van der Waals surface area contributed by atoms with Crippen LogP contribution in [0, 0.1) is 0 Å². The Balaban J connectivity index is 2.55. The van der Waals surface area contributed by atoms with Crippen LogP contribution in [0.25, 0.3) is 0 Å². The maximum Gasteiger partial charge on any atom is 0.202 e. The summed E-state index contributed by atoms with van der Waals surface area (Å²) in [6.07, 6.45) is 11.9. The molecule has 12 heavy (non-hydrogen) atoms. The van der Waals surface area contributed by atoms with Gasteiger partial charge < -0.3 is 10.2 Å². The molecule has 0 aromatic rings. The molecule has 0 heterocycles. The topological polar surface area (TPSA) is 40.5 Å². The lowest BCUT2D eigenvalue weighted by atomic mass is 10.1. The third kappa shape index (κ3) is 3.69. The molecule has 0 aromatic carbocycles. The molecule has 1 aliphatic rings. The van der Waals surface area contributed by atoms with E-state index in [-0.39, 0.29) is 0 Å². The van der Waals surface area contributed by atoms with Crippen LogP contribution < -0.4 is 0 Å². The van der Waals surface area contributed by atoms with Gasteiger partial charge in [-0.15, -0.1) is 0 Å². The van der Waals surface area contributed by atoms with Gasteiger partial charge in [-0.1, -0.05) is 18.6 Å². The monoisotopic (exact) mass is 168 g/mol. The molecule has 68 valence electrons. The number of allylic oxidation sites excluding steroid dienone is 2. The standard InChI is InChI=1S/C10H16O2/c11-10(12)8-6-4-2-1-3-5-7-9-10/h6-9,11-12H,1-5H2/b8-6-,9-7-. The van der Waals surface area contributed by atoms with Crippen molar-refractivity contribution < 1.29 is 10.2 Å². The molecule has 0 fully saturated rings. The van der Waals surface area contributed by atoms with Gasteiger partial charge in [0.15, 0.2) is 0 Å². The van der Waals surface area contributed by atoms with Gasteiger partial charge in [-0.25, -0.2) is 0 Å². The zero-order valence-corrected chi connectivity index (χ0v) is 7.24. The fraction of sp³-hybridized carbons (Fsp3) is 0.600. The predicted octanol–water partition coefficient (Wildman–Crippen LogP) is 1.74. The summed E-state index contributed by atoms with van der Waals surface area (Å²) in [5, 5.41) is 18.6. The van der Waals surface area contributed by atoms with Crippen LogP contribution in [-0.4, -0.2) is 16.0 Å². The van der Waals surface area contributed by atoms with Crippen LogP contribution in [0.3, 0.4) is 0 Å². The van der Waals surface area contributed by atoms with E-state index in [1.165, 1.54) is 18.6 Å². The Kier molecular flexibility index (Phi) is 3.50. The van der Waals surface area contributed by atoms with E-state index in [1.54, 1.807) is 0 Å². The van der Waals surface area contributed by atoms with Gasteiger partial charge in [0.05, 0.1) is 0 Å². The molecular weight excluding hydrogens is 152 g/mol. The van der Waals surface area contributed by atoms with Crippen molar-refractivity contribution in [1.82, 2.24) is 0 Å². The quantitative estimate of drug-likeness (QED) is 0.427. The SMILES string of the molecule is OC1(O)/C=C\CCCCC/C=C\1. The first-order chi connectivity index (χ1) is 5.71. The second-order valence-corrected chi connectivity index (χ2v) is 3.23. The van der Waals surface area contributed by atoms with E-state index in [2.05, 4.69) is 0 Å². The fourth-order valence-corrected chi connectivity index (χ4v) is 1.27. The molecule has 0 saturated carbocycles. The Bertz CT molecular complexity index is 162. The molecular formula is C10H16O2. The highest BCUT2D eigenvalue weighted by molar-refractivity contribution is 5.07. The van der Waals surface area contributed by atoms with Crippen molar-refractivity contribution in [2.24, 2.45) is 0 Å². The second-order valence-electron chi connectivity index (χ2n) is 3.23. The van der Waals surface area contributed by atoms with Gasteiger partial charge in [0.25, 0.3) is 0 Å². The third-order valence-electron chi connectivity index (χ3n) is 1.97. The molecule has 0 spiro atoms. The molecule has 0 aromatic heterocycles. The van der Waals surface area contributed by atoms with Crippen molar-refractivity contribution in [3.63, 3.8) is 0 Å². The van der Waals surface area contributed by atoms with Crippen LogP contribution in [0.2, 0.25) is 0 Å². The molecule has 2 heteroatoms. The number of hydrogen-bond donors (Lipinski definition) is 2. The summed E-state index contributed by atoms with van der Waals surface area (Å²) in [6, 6.07) is 0. The molecule has 2 nitrogen and oxygen atoms in total. The van der Waals surface area contributed by atoms with Crippen molar-refractivity contribution >= 4 is 0 Å². The van der Waals surface area contributed by atoms with Crippen molar-refractivity contribution in [2.75, 3.05) is 0 Å². The molecule has 1 aliphatic carbocycles. The first-order valence-electron chi connectivity index (χ1n) is 4.51. The smallest absolute Gasteiger partial charge is 0.202 e. The van der Waals surface area contributed by atoms with Gasteiger partial charge in [0.2, 0.25) is 5.79 Å². The Morgan fingerprint density at radius 1 is 0.833 bits per heavy atom. The lowest BCUT2D eigenvalue weighted by Crippen LogP contribution is -2.21. The minimum absolute atomic E-state index is 0.941. The van der Waals surface area contributed by atoms with E-state index >= 15 is 0 Å². The van der Waals surface area contributed by atoms with E-state index in [0.29, 0.717) is 0 Å². The molecule has 0 saturated heterocycles. The summed E-state index contributed by atoms with van der Waals surface area (Å²) in [7, 11) is 0. The highest BCUT2D eigenvalue weighted by atomic mass is 16.5. The summed E-state index contributed by atoms with van der Waals surface area (Å²) in [4.78, 5) is 0. The van der Waals surface area contributed by atoms with Gasteiger partial charge in [0, 0.05) is 0 Å². The molecule has 1 rings (SSSR count). The summed E-state index contributed by atoms with van der Waals surface area (Å²) < 4.78 is 0. The van der Waals surface area contributed by atoms with Crippen LogP contribution in [0.4, 0.5) is 0 Å². The lowest BCUT2D eigenvalue weighted by Gasteiger charge is -2.12. The van der Waals surface area contributed by atoms with Crippen molar-refractivity contribution in [2.45, 2.75) is 37.9 Å². The number of hydrogen-bond acceptors (Lipinski definition) is 2. The number of aliphatic hydroxyl groups is 2. The zero-order valence-electron chi connectivity index (χ0n) is 7.24. The zero-order chi connectivity index (χ0) is 8.86. The largest absolute Gasteiger partial charge is 0.359 e. The third-order valence-corrected chi connectivity index (χ3v) is 1.97. The normalized spacial score (nSPS) is 29.2. The van der Waals surface area contributed by atoms with E-state index < -0.39 is 5.79 Å². The van der Waals surface area contributed by atoms with Gasteiger partial charge >= 0.3 is 0 Å². The van der Waals surface area contributed by atoms with Crippen LogP contribution in [0.5, 0.6) is 0 Å². The molecule has 0 bridgehead atoms. The lowest BCUT2D eigenvalue weighted by molar-refractivity contribution is -0.0744. The highest BCUT2D eigenvalue weighted by Gasteiger charge is 2.12. The average Bonchev–Trinajstić information content (AvgIpc) is 2.02. The molecule has 0 atom stereocenters. The van der Waals surface area contributed by atoms with Gasteiger partial charge in [0.1, 0.15) is 0 Å². The Morgan fingerprint density at radius 2 is 1.33 bits per heavy atom. The van der Waals surface area contributed by atoms with Crippen molar-refractivity contribution in [3.05, 3.63) is 24.3 Å². The maximum atomic E-state index is 9.28. The Labute approximate surface area is 73.2 Å². The molecule has 0 unspecified atom stereocenters. The Morgan fingerprint density at radius 3 is 1.83 bits per heavy atom. The second kappa shape index (κ2) is 4.43. The minimum atomic E-state index is -1.72. The minimum Gasteiger partial charge on any atom is -0.359 e.